The quantitative estimate of drug-likeness (QED) is 0.175. The fourth-order valence-corrected chi connectivity index (χ4v) is 9.40. The van der Waals surface area contributed by atoms with Crippen molar-refractivity contribution < 1.29 is 39.8 Å². The van der Waals surface area contributed by atoms with Crippen molar-refractivity contribution in [3.8, 4) is 0 Å². The minimum absolute atomic E-state index is 0. The highest BCUT2D eigenvalue weighted by Gasteiger charge is 2.39. The minimum Gasteiger partial charge on any atom is -0.377 e. The Morgan fingerprint density at radius 2 is 0.600 bits per heavy atom. The highest BCUT2D eigenvalue weighted by Crippen LogP contribution is 2.17. The molecule has 0 unspecified atom stereocenters. The molecule has 18 heteroatoms. The molecule has 40 heavy (non-hydrogen) atoms. The lowest BCUT2D eigenvalue weighted by Crippen LogP contribution is -2.55. The Labute approximate surface area is 239 Å². The highest BCUT2D eigenvalue weighted by atomic mass is 28.4. The lowest BCUT2D eigenvalue weighted by atomic mass is 10.4. The molecule has 0 saturated heterocycles. The van der Waals surface area contributed by atoms with E-state index < -0.39 is 43.5 Å². The van der Waals surface area contributed by atoms with E-state index in [0.717, 1.165) is 13.7 Å². The average Bonchev–Trinajstić information content (AvgIpc) is 2.97. The summed E-state index contributed by atoms with van der Waals surface area (Å²) in [6, 6.07) is 1.11. The van der Waals surface area contributed by atoms with Crippen molar-refractivity contribution in [2.24, 2.45) is 0 Å². The number of hydrogen-bond acceptors (Lipinski definition) is 12. The number of hydrogen-bond donors (Lipinski definition) is 0. The predicted octanol–water partition coefficient (Wildman–Crippen LogP) is 0.612. The first-order chi connectivity index (χ1) is 18.6. The van der Waals surface area contributed by atoms with Crippen LogP contribution < -0.4 is 17.1 Å². The summed E-state index contributed by atoms with van der Waals surface area (Å²) >= 11 is 0. The van der Waals surface area contributed by atoms with Crippen molar-refractivity contribution in [1.29, 1.82) is 0 Å². The van der Waals surface area contributed by atoms with Crippen molar-refractivity contribution in [3.05, 3.63) is 31.5 Å². The molecule has 0 bridgehead atoms. The Balaban J connectivity index is 0.0000152. The third-order valence-corrected chi connectivity index (χ3v) is 15.3. The molecule has 0 aliphatic heterocycles. The van der Waals surface area contributed by atoms with Crippen LogP contribution >= 0.6 is 0 Å². The van der Waals surface area contributed by atoms with E-state index in [-0.39, 0.29) is 27.1 Å². The van der Waals surface area contributed by atoms with E-state index in [4.69, 9.17) is 39.8 Å². The largest absolute Gasteiger partial charge is 0.500 e. The van der Waals surface area contributed by atoms with E-state index in [9.17, 15) is 14.4 Å². The molecule has 1 aromatic rings. The standard InChI is InChI=1S/C21H45N3O12Si3.CH4/c1-28-37(29-2,30-3)16-10-13-22-19(25)23(14-11-17-38(31-4,32-5)33-6)21(27)24(20(22)26)15-12-18-39(34-7,35-8)36-9;/h10-18H2,1-9H3;1H4. The molecule has 0 amide bonds. The monoisotopic (exact) mass is 631 g/mol. The van der Waals surface area contributed by atoms with E-state index in [0.29, 0.717) is 37.4 Å². The molecule has 0 fully saturated rings. The summed E-state index contributed by atoms with van der Waals surface area (Å²) in [6.45, 7) is 0.133. The van der Waals surface area contributed by atoms with Crippen LogP contribution in [0.2, 0.25) is 18.1 Å². The third kappa shape index (κ3) is 9.36. The van der Waals surface area contributed by atoms with E-state index in [1.54, 1.807) is 0 Å². The molecule has 0 N–H and O–H groups in total. The van der Waals surface area contributed by atoms with Crippen LogP contribution in [0.4, 0.5) is 0 Å². The maximum absolute atomic E-state index is 13.4. The van der Waals surface area contributed by atoms with E-state index in [2.05, 4.69) is 0 Å². The van der Waals surface area contributed by atoms with Gasteiger partial charge in [0.25, 0.3) is 0 Å². The molecule has 1 aromatic heterocycles. The molecule has 0 aliphatic rings. The summed E-state index contributed by atoms with van der Waals surface area (Å²) in [5.74, 6) is 0. The molecule has 0 saturated carbocycles. The van der Waals surface area contributed by atoms with Crippen molar-refractivity contribution >= 4 is 26.4 Å². The fourth-order valence-electron chi connectivity index (χ4n) is 4.29. The normalized spacial score (nSPS) is 12.5. The highest BCUT2D eigenvalue weighted by molar-refractivity contribution is 6.61. The first kappa shape index (κ1) is 38.7. The Morgan fingerprint density at radius 3 is 0.750 bits per heavy atom. The van der Waals surface area contributed by atoms with Crippen LogP contribution in [-0.4, -0.2) is 104 Å². The summed E-state index contributed by atoms with van der Waals surface area (Å²) in [5, 5.41) is 0. The Morgan fingerprint density at radius 1 is 0.425 bits per heavy atom. The van der Waals surface area contributed by atoms with E-state index >= 15 is 0 Å². The van der Waals surface area contributed by atoms with Crippen LogP contribution in [0.1, 0.15) is 26.7 Å². The van der Waals surface area contributed by atoms with Gasteiger partial charge >= 0.3 is 43.5 Å². The van der Waals surface area contributed by atoms with Gasteiger partial charge in [-0.3, -0.25) is 0 Å². The molecule has 1 heterocycles. The number of rotatable bonds is 21. The lowest BCUT2D eigenvalue weighted by molar-refractivity contribution is 0.122. The van der Waals surface area contributed by atoms with Gasteiger partial charge in [0, 0.05) is 102 Å². The second kappa shape index (κ2) is 18.3. The van der Waals surface area contributed by atoms with Gasteiger partial charge in [0.1, 0.15) is 0 Å². The molecule has 0 aromatic carbocycles. The van der Waals surface area contributed by atoms with E-state index in [1.807, 2.05) is 0 Å². The second-order valence-corrected chi connectivity index (χ2v) is 17.8. The maximum Gasteiger partial charge on any atom is 0.500 e. The summed E-state index contributed by atoms with van der Waals surface area (Å²) in [7, 11) is 4.66. The molecule has 0 radical (unpaired) electrons. The van der Waals surface area contributed by atoms with Gasteiger partial charge in [-0.15, -0.1) is 0 Å². The summed E-state index contributed by atoms with van der Waals surface area (Å²) in [4.78, 5) is 40.1. The first-order valence-electron chi connectivity index (χ1n) is 12.5. The number of nitrogens with zero attached hydrogens (tertiary/aromatic N) is 3. The smallest absolute Gasteiger partial charge is 0.377 e. The van der Waals surface area contributed by atoms with Crippen molar-refractivity contribution in [1.82, 2.24) is 13.7 Å². The van der Waals surface area contributed by atoms with E-state index in [1.165, 1.54) is 64.0 Å². The molecule has 15 nitrogen and oxygen atoms in total. The molecular formula is C22H49N3O12Si3. The van der Waals surface area contributed by atoms with Crippen molar-refractivity contribution in [2.45, 2.75) is 64.5 Å². The van der Waals surface area contributed by atoms with Crippen LogP contribution in [0, 0.1) is 0 Å². The summed E-state index contributed by atoms with van der Waals surface area (Å²) in [5.41, 5.74) is -2.10. The van der Waals surface area contributed by atoms with Crippen molar-refractivity contribution in [3.63, 3.8) is 0 Å². The Kier molecular flexibility index (Phi) is 17.7. The molecule has 1 rings (SSSR count). The molecular weight excluding hydrogens is 583 g/mol. The topological polar surface area (TPSA) is 149 Å². The predicted molar refractivity (Wildman–Crippen MR) is 155 cm³/mol. The minimum atomic E-state index is -2.92. The van der Waals surface area contributed by atoms with Gasteiger partial charge in [-0.05, 0) is 19.3 Å². The zero-order valence-corrected chi connectivity index (χ0v) is 27.6. The van der Waals surface area contributed by atoms with Gasteiger partial charge in [0.15, 0.2) is 0 Å². The van der Waals surface area contributed by atoms with Gasteiger partial charge in [0.2, 0.25) is 0 Å². The molecule has 0 spiro atoms. The van der Waals surface area contributed by atoms with Gasteiger partial charge in [-0.25, -0.2) is 28.1 Å². The van der Waals surface area contributed by atoms with Gasteiger partial charge < -0.3 is 39.8 Å². The van der Waals surface area contributed by atoms with Crippen LogP contribution in [-0.2, 0) is 59.5 Å². The van der Waals surface area contributed by atoms with Crippen LogP contribution in [0.3, 0.4) is 0 Å². The van der Waals surface area contributed by atoms with Gasteiger partial charge in [-0.2, -0.15) is 0 Å². The lowest BCUT2D eigenvalue weighted by Gasteiger charge is -2.25. The summed E-state index contributed by atoms with van der Waals surface area (Å²) < 4.78 is 52.1. The number of aromatic nitrogens is 3. The van der Waals surface area contributed by atoms with Crippen LogP contribution in [0.15, 0.2) is 14.4 Å². The van der Waals surface area contributed by atoms with Gasteiger partial charge in [0.05, 0.1) is 0 Å². The zero-order valence-electron chi connectivity index (χ0n) is 24.6. The fraction of sp³-hybridized carbons (Fsp3) is 0.864. The average molecular weight is 632 g/mol. The summed E-state index contributed by atoms with van der Waals surface area (Å²) in [6.07, 6.45) is 1.07. The van der Waals surface area contributed by atoms with Crippen LogP contribution in [0.25, 0.3) is 0 Å². The first-order valence-corrected chi connectivity index (χ1v) is 18.3. The van der Waals surface area contributed by atoms with Gasteiger partial charge in [-0.1, -0.05) is 7.43 Å². The SMILES string of the molecule is C.CO[Si](CCCn1c(=O)n(CCC[Si](OC)(OC)OC)c(=O)n(CCC[Si](OC)(OC)OC)c1=O)(OC)OC. The third-order valence-electron chi connectivity index (χ3n) is 6.78. The Bertz CT molecular complexity index is 853. The van der Waals surface area contributed by atoms with Crippen LogP contribution in [0.5, 0.6) is 0 Å². The Hall–Kier alpha value is -1.30. The zero-order chi connectivity index (χ0) is 29.7. The molecule has 0 atom stereocenters. The maximum atomic E-state index is 13.4. The van der Waals surface area contributed by atoms with Crippen molar-refractivity contribution in [2.75, 3.05) is 64.0 Å². The molecule has 236 valence electrons. The molecule has 0 aliphatic carbocycles. The second-order valence-electron chi connectivity index (χ2n) is 8.50.